The Bertz CT molecular complexity index is 1040. The number of aromatic nitrogens is 2. The van der Waals surface area contributed by atoms with Gasteiger partial charge >= 0.3 is 0 Å². The minimum Gasteiger partial charge on any atom is -0.473 e. The summed E-state index contributed by atoms with van der Waals surface area (Å²) in [6, 6.07) is 17.4. The van der Waals surface area contributed by atoms with Crippen LogP contribution < -0.4 is 10.3 Å². The van der Waals surface area contributed by atoms with Crippen molar-refractivity contribution in [2.75, 3.05) is 6.26 Å². The maximum Gasteiger partial charge on any atom is 0.257 e. The molecule has 26 heavy (non-hydrogen) atoms. The lowest BCUT2D eigenvalue weighted by Crippen LogP contribution is -2.20. The lowest BCUT2D eigenvalue weighted by atomic mass is 10.2. The molecule has 134 valence electrons. The summed E-state index contributed by atoms with van der Waals surface area (Å²) in [6.07, 6.45) is 2.58. The summed E-state index contributed by atoms with van der Waals surface area (Å²) in [5.74, 6) is 0.266. The van der Waals surface area contributed by atoms with Crippen molar-refractivity contribution in [2.24, 2.45) is 0 Å². The molecule has 0 unspecified atom stereocenters. The zero-order valence-corrected chi connectivity index (χ0v) is 15.0. The van der Waals surface area contributed by atoms with Crippen molar-refractivity contribution < 1.29 is 13.2 Å². The third-order valence-electron chi connectivity index (χ3n) is 3.79. The van der Waals surface area contributed by atoms with Gasteiger partial charge in [0, 0.05) is 6.26 Å². The Kier molecular flexibility index (Phi) is 5.18. The smallest absolute Gasteiger partial charge is 0.257 e. The molecule has 6 nitrogen and oxygen atoms in total. The average Bonchev–Trinajstić information content (AvgIpc) is 2.62. The number of benzene rings is 2. The van der Waals surface area contributed by atoms with Crippen molar-refractivity contribution >= 4 is 9.84 Å². The third kappa shape index (κ3) is 4.58. The van der Waals surface area contributed by atoms with Crippen molar-refractivity contribution in [3.8, 4) is 5.88 Å². The molecule has 0 atom stereocenters. The van der Waals surface area contributed by atoms with Crippen LogP contribution in [-0.2, 0) is 23.0 Å². The minimum atomic E-state index is -3.23. The summed E-state index contributed by atoms with van der Waals surface area (Å²) in [6.45, 7) is 0.638. The van der Waals surface area contributed by atoms with Gasteiger partial charge in [0.1, 0.15) is 12.9 Å². The molecular formula is C19H18N2O4S. The van der Waals surface area contributed by atoms with Crippen LogP contribution in [0.2, 0.25) is 0 Å². The maximum atomic E-state index is 12.2. The van der Waals surface area contributed by atoms with Gasteiger partial charge in [0.25, 0.3) is 5.56 Å². The van der Waals surface area contributed by atoms with Gasteiger partial charge < -0.3 is 4.74 Å². The van der Waals surface area contributed by atoms with E-state index in [0.717, 1.165) is 17.4 Å². The fourth-order valence-corrected chi connectivity index (χ4v) is 3.01. The fraction of sp³-hybridized carbons (Fsp3) is 0.158. The van der Waals surface area contributed by atoms with Gasteiger partial charge in [-0.25, -0.2) is 13.4 Å². The normalized spacial score (nSPS) is 11.3. The van der Waals surface area contributed by atoms with Gasteiger partial charge in [-0.05, 0) is 23.3 Å². The molecule has 0 spiro atoms. The first kappa shape index (κ1) is 17.9. The predicted octanol–water partition coefficient (Wildman–Crippen LogP) is 2.27. The zero-order chi connectivity index (χ0) is 18.6. The highest BCUT2D eigenvalue weighted by molar-refractivity contribution is 7.90. The van der Waals surface area contributed by atoms with Gasteiger partial charge in [0.05, 0.1) is 17.5 Å². The standard InChI is InChI=1S/C19H18N2O4S/c1-26(23,24)17-9-7-15(8-10-17)12-21-14-20-18(11-19(21)22)25-13-16-5-3-2-4-6-16/h2-11,14H,12-13H2,1H3. The van der Waals surface area contributed by atoms with Gasteiger partial charge in [-0.2, -0.15) is 0 Å². The number of hydrogen-bond donors (Lipinski definition) is 0. The van der Waals surface area contributed by atoms with Crippen LogP contribution in [0.25, 0.3) is 0 Å². The summed E-state index contributed by atoms with van der Waals surface area (Å²) in [7, 11) is -3.23. The molecule has 2 aromatic carbocycles. The third-order valence-corrected chi connectivity index (χ3v) is 4.92. The SMILES string of the molecule is CS(=O)(=O)c1ccc(Cn2cnc(OCc3ccccc3)cc2=O)cc1. The van der Waals surface area contributed by atoms with Crippen LogP contribution in [-0.4, -0.2) is 24.2 Å². The van der Waals surface area contributed by atoms with E-state index >= 15 is 0 Å². The molecule has 0 radical (unpaired) electrons. The number of sulfone groups is 1. The number of nitrogens with zero attached hydrogens (tertiary/aromatic N) is 2. The van der Waals surface area contributed by atoms with Gasteiger partial charge in [0.2, 0.25) is 5.88 Å². The monoisotopic (exact) mass is 370 g/mol. The first-order valence-electron chi connectivity index (χ1n) is 7.94. The van der Waals surface area contributed by atoms with E-state index in [9.17, 15) is 13.2 Å². The molecule has 0 saturated heterocycles. The molecular weight excluding hydrogens is 352 g/mol. The fourth-order valence-electron chi connectivity index (χ4n) is 2.38. The Morgan fingerprint density at radius 1 is 1.00 bits per heavy atom. The molecule has 3 rings (SSSR count). The van der Waals surface area contributed by atoms with E-state index in [-0.39, 0.29) is 16.3 Å². The van der Waals surface area contributed by atoms with Crippen molar-refractivity contribution in [1.82, 2.24) is 9.55 Å². The highest BCUT2D eigenvalue weighted by atomic mass is 32.2. The first-order chi connectivity index (χ1) is 12.4. The van der Waals surface area contributed by atoms with E-state index in [0.29, 0.717) is 13.2 Å². The summed E-state index contributed by atoms with van der Waals surface area (Å²) in [5.41, 5.74) is 1.55. The zero-order valence-electron chi connectivity index (χ0n) is 14.2. The molecule has 1 aromatic heterocycles. The molecule has 0 aliphatic carbocycles. The molecule has 0 bridgehead atoms. The molecule has 0 N–H and O–H groups in total. The van der Waals surface area contributed by atoms with Crippen LogP contribution in [0.5, 0.6) is 5.88 Å². The number of ether oxygens (including phenoxy) is 1. The second-order valence-corrected chi connectivity index (χ2v) is 7.90. The lowest BCUT2D eigenvalue weighted by Gasteiger charge is -2.08. The van der Waals surface area contributed by atoms with Crippen LogP contribution in [0.3, 0.4) is 0 Å². The highest BCUT2D eigenvalue weighted by Crippen LogP contribution is 2.11. The summed E-state index contributed by atoms with van der Waals surface area (Å²) < 4.78 is 29.9. The van der Waals surface area contributed by atoms with E-state index < -0.39 is 9.84 Å². The van der Waals surface area contributed by atoms with Crippen LogP contribution in [0.1, 0.15) is 11.1 Å². The van der Waals surface area contributed by atoms with Crippen molar-refractivity contribution in [2.45, 2.75) is 18.0 Å². The van der Waals surface area contributed by atoms with Gasteiger partial charge in [-0.1, -0.05) is 42.5 Å². The molecule has 0 fully saturated rings. The van der Waals surface area contributed by atoms with E-state index in [1.54, 1.807) is 12.1 Å². The van der Waals surface area contributed by atoms with E-state index in [1.165, 1.54) is 29.1 Å². The van der Waals surface area contributed by atoms with Crippen molar-refractivity contribution in [3.63, 3.8) is 0 Å². The largest absolute Gasteiger partial charge is 0.473 e. The maximum absolute atomic E-state index is 12.2. The molecule has 7 heteroatoms. The Labute approximate surface area is 151 Å². The first-order valence-corrected chi connectivity index (χ1v) is 9.83. The van der Waals surface area contributed by atoms with Crippen molar-refractivity contribution in [3.05, 3.63) is 88.5 Å². The van der Waals surface area contributed by atoms with E-state index in [1.807, 2.05) is 30.3 Å². The van der Waals surface area contributed by atoms with Crippen LogP contribution in [0.4, 0.5) is 0 Å². The van der Waals surface area contributed by atoms with Crippen LogP contribution >= 0.6 is 0 Å². The molecule has 0 aliphatic heterocycles. The Morgan fingerprint density at radius 3 is 2.31 bits per heavy atom. The second-order valence-electron chi connectivity index (χ2n) is 5.88. The van der Waals surface area contributed by atoms with Crippen LogP contribution in [0.15, 0.2) is 76.7 Å². The molecule has 0 amide bonds. The molecule has 1 heterocycles. The Balaban J connectivity index is 1.69. The van der Waals surface area contributed by atoms with E-state index in [2.05, 4.69) is 4.98 Å². The Morgan fingerprint density at radius 2 is 1.69 bits per heavy atom. The Hall–Kier alpha value is -2.93. The van der Waals surface area contributed by atoms with Gasteiger partial charge in [0.15, 0.2) is 9.84 Å². The average molecular weight is 370 g/mol. The summed E-state index contributed by atoms with van der Waals surface area (Å²) in [4.78, 5) is 16.6. The van der Waals surface area contributed by atoms with Crippen molar-refractivity contribution in [1.29, 1.82) is 0 Å². The molecule has 3 aromatic rings. The molecule has 0 aliphatic rings. The predicted molar refractivity (Wildman–Crippen MR) is 97.9 cm³/mol. The van der Waals surface area contributed by atoms with Crippen LogP contribution in [0, 0.1) is 0 Å². The van der Waals surface area contributed by atoms with Gasteiger partial charge in [-0.3, -0.25) is 9.36 Å². The van der Waals surface area contributed by atoms with Gasteiger partial charge in [-0.15, -0.1) is 0 Å². The highest BCUT2D eigenvalue weighted by Gasteiger charge is 2.07. The summed E-state index contributed by atoms with van der Waals surface area (Å²) in [5, 5.41) is 0. The quantitative estimate of drug-likeness (QED) is 0.665. The summed E-state index contributed by atoms with van der Waals surface area (Å²) >= 11 is 0. The molecule has 0 saturated carbocycles. The topological polar surface area (TPSA) is 78.3 Å². The van der Waals surface area contributed by atoms with E-state index in [4.69, 9.17) is 4.74 Å². The number of rotatable bonds is 6. The minimum absolute atomic E-state index is 0.241. The lowest BCUT2D eigenvalue weighted by molar-refractivity contribution is 0.291. The second kappa shape index (κ2) is 7.53. The number of hydrogen-bond acceptors (Lipinski definition) is 5.